The molecule has 1 heterocycles. The van der Waals surface area contributed by atoms with Crippen LogP contribution in [0.15, 0.2) is 34.2 Å². The molecule has 1 aliphatic rings. The number of guanidine groups is 1. The first-order valence-electron chi connectivity index (χ1n) is 9.43. The van der Waals surface area contributed by atoms with Crippen molar-refractivity contribution in [1.29, 1.82) is 0 Å². The second kappa shape index (κ2) is 9.50. The van der Waals surface area contributed by atoms with Crippen LogP contribution in [0.3, 0.4) is 0 Å². The average Bonchev–Trinajstić information content (AvgIpc) is 2.65. The molecule has 1 fully saturated rings. The van der Waals surface area contributed by atoms with E-state index in [1.54, 1.807) is 7.05 Å². The highest BCUT2D eigenvalue weighted by atomic mass is 32.2. The number of piperidine rings is 1. The lowest BCUT2D eigenvalue weighted by atomic mass is 9.98. The number of hydrogen-bond acceptors (Lipinski definition) is 4. The van der Waals surface area contributed by atoms with Gasteiger partial charge in [0.05, 0.1) is 5.75 Å². The largest absolute Gasteiger partial charge is 0.355 e. The van der Waals surface area contributed by atoms with E-state index < -0.39 is 15.7 Å². The summed E-state index contributed by atoms with van der Waals surface area (Å²) in [5.41, 5.74) is -0.0166. The maximum Gasteiger partial charge on any atom is 0.191 e. The van der Waals surface area contributed by atoms with Crippen molar-refractivity contribution in [3.8, 4) is 0 Å². The average molecular weight is 399 g/mol. The van der Waals surface area contributed by atoms with Gasteiger partial charge in [0.15, 0.2) is 15.8 Å². The molecule has 1 saturated heterocycles. The van der Waals surface area contributed by atoms with E-state index in [9.17, 15) is 12.8 Å². The topological polar surface area (TPSA) is 73.8 Å². The summed E-state index contributed by atoms with van der Waals surface area (Å²) in [6, 6.07) is 5.44. The third-order valence-corrected chi connectivity index (χ3v) is 6.70. The van der Waals surface area contributed by atoms with Gasteiger partial charge in [-0.3, -0.25) is 9.89 Å². The number of aliphatic imine (C=N–C) groups is 1. The first-order valence-corrected chi connectivity index (χ1v) is 11.1. The minimum Gasteiger partial charge on any atom is -0.355 e. The van der Waals surface area contributed by atoms with Crippen LogP contribution in [0.25, 0.3) is 0 Å². The zero-order valence-electron chi connectivity index (χ0n) is 16.5. The highest BCUT2D eigenvalue weighted by molar-refractivity contribution is 7.91. The Hall–Kier alpha value is -1.67. The Balaban J connectivity index is 1.84. The van der Waals surface area contributed by atoms with Crippen molar-refractivity contribution in [1.82, 2.24) is 15.5 Å². The van der Waals surface area contributed by atoms with Gasteiger partial charge >= 0.3 is 0 Å². The summed E-state index contributed by atoms with van der Waals surface area (Å²) in [6.45, 7) is 7.44. The fourth-order valence-corrected chi connectivity index (χ4v) is 4.48. The molecule has 2 rings (SSSR count). The van der Waals surface area contributed by atoms with Crippen LogP contribution in [-0.2, 0) is 9.84 Å². The van der Waals surface area contributed by atoms with Gasteiger partial charge in [-0.2, -0.15) is 0 Å². The second-order valence-electron chi connectivity index (χ2n) is 7.46. The molecule has 1 aromatic rings. The lowest BCUT2D eigenvalue weighted by Crippen LogP contribution is -2.55. The minimum absolute atomic E-state index is 0.0166. The minimum atomic E-state index is -3.68. The summed E-state index contributed by atoms with van der Waals surface area (Å²) >= 11 is 0. The lowest BCUT2D eigenvalue weighted by Gasteiger charge is -2.41. The van der Waals surface area contributed by atoms with Crippen LogP contribution >= 0.6 is 0 Å². The van der Waals surface area contributed by atoms with Crippen LogP contribution in [0.5, 0.6) is 0 Å². The summed E-state index contributed by atoms with van der Waals surface area (Å²) < 4.78 is 38.3. The molecule has 1 aromatic carbocycles. The number of halogens is 1. The Labute approximate surface area is 162 Å². The zero-order chi connectivity index (χ0) is 19.9. The molecule has 6 nitrogen and oxygen atoms in total. The van der Waals surface area contributed by atoms with Crippen LogP contribution in [0.1, 0.15) is 33.1 Å². The molecular weight excluding hydrogens is 367 g/mol. The molecule has 2 N–H and O–H groups in total. The van der Waals surface area contributed by atoms with Crippen LogP contribution in [-0.4, -0.2) is 63.8 Å². The van der Waals surface area contributed by atoms with Gasteiger partial charge in [0.1, 0.15) is 10.7 Å². The van der Waals surface area contributed by atoms with Gasteiger partial charge in [0.2, 0.25) is 0 Å². The Kier molecular flexibility index (Phi) is 7.61. The predicted octanol–water partition coefficient (Wildman–Crippen LogP) is 2.03. The molecule has 152 valence electrons. The van der Waals surface area contributed by atoms with Crippen molar-refractivity contribution in [2.45, 2.75) is 43.5 Å². The first-order chi connectivity index (χ1) is 12.8. The van der Waals surface area contributed by atoms with Crippen LogP contribution < -0.4 is 10.6 Å². The van der Waals surface area contributed by atoms with Crippen molar-refractivity contribution in [2.24, 2.45) is 4.99 Å². The smallest absolute Gasteiger partial charge is 0.191 e. The molecule has 0 bridgehead atoms. The number of nitrogens with zero attached hydrogens (tertiary/aromatic N) is 2. The second-order valence-corrected chi connectivity index (χ2v) is 9.54. The maximum atomic E-state index is 13.7. The van der Waals surface area contributed by atoms with E-state index in [1.165, 1.54) is 37.5 Å². The third-order valence-electron chi connectivity index (χ3n) is 4.96. The van der Waals surface area contributed by atoms with Gasteiger partial charge in [-0.05, 0) is 51.9 Å². The molecule has 0 unspecified atom stereocenters. The van der Waals surface area contributed by atoms with E-state index in [4.69, 9.17) is 0 Å². The van der Waals surface area contributed by atoms with Crippen LogP contribution in [0.2, 0.25) is 0 Å². The van der Waals surface area contributed by atoms with Crippen LogP contribution in [0.4, 0.5) is 4.39 Å². The number of rotatable bonds is 7. The quantitative estimate of drug-likeness (QED) is 0.543. The molecule has 0 aliphatic carbocycles. The Morgan fingerprint density at radius 3 is 2.48 bits per heavy atom. The van der Waals surface area contributed by atoms with Gasteiger partial charge in [0.25, 0.3) is 0 Å². The van der Waals surface area contributed by atoms with Crippen molar-refractivity contribution >= 4 is 15.8 Å². The summed E-state index contributed by atoms with van der Waals surface area (Å²) in [5, 5.41) is 6.28. The molecule has 27 heavy (non-hydrogen) atoms. The Bertz CT molecular complexity index is 744. The lowest BCUT2D eigenvalue weighted by molar-refractivity contribution is 0.0982. The van der Waals surface area contributed by atoms with E-state index in [-0.39, 0.29) is 22.7 Å². The van der Waals surface area contributed by atoms with E-state index in [2.05, 4.69) is 34.4 Å². The first kappa shape index (κ1) is 21.6. The third kappa shape index (κ3) is 6.17. The molecule has 1 aliphatic heterocycles. The molecular formula is C19H31FN4O2S. The normalized spacial score (nSPS) is 17.0. The monoisotopic (exact) mass is 398 g/mol. The highest BCUT2D eigenvalue weighted by Crippen LogP contribution is 2.19. The molecule has 0 amide bonds. The van der Waals surface area contributed by atoms with Crippen molar-refractivity contribution in [3.05, 3.63) is 30.1 Å². The van der Waals surface area contributed by atoms with Crippen molar-refractivity contribution in [3.63, 3.8) is 0 Å². The zero-order valence-corrected chi connectivity index (χ0v) is 17.3. The van der Waals surface area contributed by atoms with Crippen molar-refractivity contribution < 1.29 is 12.8 Å². The standard InChI is InChI=1S/C19H31FN4O2S/c1-19(2,24-12-7-4-8-13-24)15-23-18(21-3)22-11-14-27(25,26)17-10-6-5-9-16(17)20/h5-6,9-10H,4,7-8,11-15H2,1-3H3,(H2,21,22,23). The highest BCUT2D eigenvalue weighted by Gasteiger charge is 2.28. The summed E-state index contributed by atoms with van der Waals surface area (Å²) in [4.78, 5) is 6.36. The van der Waals surface area contributed by atoms with Gasteiger partial charge in [-0.25, -0.2) is 12.8 Å². The fraction of sp³-hybridized carbons (Fsp3) is 0.632. The molecule has 0 radical (unpaired) electrons. The molecule has 8 heteroatoms. The van der Waals surface area contributed by atoms with E-state index >= 15 is 0 Å². The summed E-state index contributed by atoms with van der Waals surface area (Å²) in [7, 11) is -2.04. The number of hydrogen-bond donors (Lipinski definition) is 2. The SMILES string of the molecule is CN=C(NCCS(=O)(=O)c1ccccc1F)NCC(C)(C)N1CCCCC1. The van der Waals surface area contributed by atoms with Gasteiger partial charge in [-0.15, -0.1) is 0 Å². The molecule has 0 saturated carbocycles. The Morgan fingerprint density at radius 2 is 1.85 bits per heavy atom. The van der Waals surface area contributed by atoms with Crippen LogP contribution in [0, 0.1) is 5.82 Å². The summed E-state index contributed by atoms with van der Waals surface area (Å²) in [6.07, 6.45) is 3.74. The predicted molar refractivity (Wildman–Crippen MR) is 107 cm³/mol. The van der Waals surface area contributed by atoms with E-state index in [0.717, 1.165) is 19.2 Å². The van der Waals surface area contributed by atoms with Gasteiger partial charge in [0, 0.05) is 25.7 Å². The van der Waals surface area contributed by atoms with E-state index in [1.807, 2.05) is 0 Å². The van der Waals surface area contributed by atoms with Gasteiger partial charge in [-0.1, -0.05) is 18.6 Å². The summed E-state index contributed by atoms with van der Waals surface area (Å²) in [5.74, 6) is -0.378. The molecule has 0 aromatic heterocycles. The molecule has 0 spiro atoms. The number of likely N-dealkylation sites (tertiary alicyclic amines) is 1. The number of sulfone groups is 1. The Morgan fingerprint density at radius 1 is 1.19 bits per heavy atom. The maximum absolute atomic E-state index is 13.7. The van der Waals surface area contributed by atoms with Crippen molar-refractivity contribution in [2.75, 3.05) is 39.0 Å². The number of nitrogens with one attached hydrogen (secondary N) is 2. The fourth-order valence-electron chi connectivity index (χ4n) is 3.24. The molecule has 0 atom stereocenters. The number of benzene rings is 1. The van der Waals surface area contributed by atoms with E-state index in [0.29, 0.717) is 12.5 Å². The van der Waals surface area contributed by atoms with Gasteiger partial charge < -0.3 is 10.6 Å².